The second kappa shape index (κ2) is 7.28. The number of fused-ring (bicyclic) bond motifs is 1. The van der Waals surface area contributed by atoms with Gasteiger partial charge < -0.3 is 10.1 Å². The molecule has 0 aliphatic carbocycles. The van der Waals surface area contributed by atoms with Gasteiger partial charge in [0.2, 0.25) is 0 Å². The van der Waals surface area contributed by atoms with Gasteiger partial charge in [-0.3, -0.25) is 4.79 Å². The molecule has 0 radical (unpaired) electrons. The van der Waals surface area contributed by atoms with Gasteiger partial charge in [0.1, 0.15) is 4.83 Å². The third-order valence-corrected chi connectivity index (χ3v) is 5.46. The highest BCUT2D eigenvalue weighted by Gasteiger charge is 2.19. The third-order valence-electron chi connectivity index (χ3n) is 4.35. The fourth-order valence-electron chi connectivity index (χ4n) is 2.97. The molecule has 4 aromatic rings. The number of para-hydroxylation sites is 2. The molecule has 0 saturated heterocycles. The average Bonchev–Trinajstić information content (AvgIpc) is 3.29. The van der Waals surface area contributed by atoms with Gasteiger partial charge in [-0.2, -0.15) is 5.10 Å². The van der Waals surface area contributed by atoms with Crippen molar-refractivity contribution in [2.24, 2.45) is 0 Å². The van der Waals surface area contributed by atoms with Crippen molar-refractivity contribution < 1.29 is 14.3 Å². The zero-order valence-electron chi connectivity index (χ0n) is 15.3. The Balaban J connectivity index is 1.69. The number of carbonyl (C=O) groups excluding carboxylic acids is 2. The van der Waals surface area contributed by atoms with E-state index in [1.807, 2.05) is 48.0 Å². The topological polar surface area (TPSA) is 73.2 Å². The Kier molecular flexibility index (Phi) is 4.67. The molecule has 2 aromatic carbocycles. The summed E-state index contributed by atoms with van der Waals surface area (Å²) in [7, 11) is 1.31. The Morgan fingerprint density at radius 3 is 2.54 bits per heavy atom. The first-order chi connectivity index (χ1) is 13.6. The van der Waals surface area contributed by atoms with E-state index in [1.165, 1.54) is 18.4 Å². The number of carbonyl (C=O) groups is 2. The predicted octanol–water partition coefficient (Wildman–Crippen LogP) is 4.43. The first-order valence-electron chi connectivity index (χ1n) is 8.62. The van der Waals surface area contributed by atoms with E-state index in [0.717, 1.165) is 21.6 Å². The standard InChI is InChI=1S/C21H17N3O3S/c1-13-16-12-18(28-20(16)24(23-13)14-8-4-3-5-9-14)19(25)22-17-11-7-6-10-15(17)21(26)27-2/h3-12H,1-2H3,(H,22,25). The van der Waals surface area contributed by atoms with Crippen LogP contribution >= 0.6 is 11.3 Å². The Hall–Kier alpha value is -3.45. The molecule has 1 amide bonds. The van der Waals surface area contributed by atoms with Crippen LogP contribution in [0.2, 0.25) is 0 Å². The quantitative estimate of drug-likeness (QED) is 0.522. The van der Waals surface area contributed by atoms with Gasteiger partial charge in [0, 0.05) is 5.39 Å². The lowest BCUT2D eigenvalue weighted by molar-refractivity contribution is 0.0602. The molecule has 0 spiro atoms. The fraction of sp³-hybridized carbons (Fsp3) is 0.0952. The van der Waals surface area contributed by atoms with Gasteiger partial charge in [-0.25, -0.2) is 9.48 Å². The zero-order valence-corrected chi connectivity index (χ0v) is 16.1. The van der Waals surface area contributed by atoms with E-state index in [-0.39, 0.29) is 5.91 Å². The lowest BCUT2D eigenvalue weighted by Crippen LogP contribution is -2.14. The molecule has 2 heterocycles. The van der Waals surface area contributed by atoms with Crippen LogP contribution in [0.3, 0.4) is 0 Å². The highest BCUT2D eigenvalue weighted by atomic mass is 32.1. The lowest BCUT2D eigenvalue weighted by atomic mass is 10.1. The van der Waals surface area contributed by atoms with Crippen LogP contribution in [0, 0.1) is 6.92 Å². The summed E-state index contributed by atoms with van der Waals surface area (Å²) in [6, 6.07) is 18.4. The van der Waals surface area contributed by atoms with Crippen LogP contribution in [0.25, 0.3) is 15.9 Å². The summed E-state index contributed by atoms with van der Waals surface area (Å²) < 4.78 is 6.62. The lowest BCUT2D eigenvalue weighted by Gasteiger charge is -2.08. The summed E-state index contributed by atoms with van der Waals surface area (Å²) in [5, 5.41) is 8.33. The summed E-state index contributed by atoms with van der Waals surface area (Å²) in [6.07, 6.45) is 0. The molecule has 0 saturated carbocycles. The summed E-state index contributed by atoms with van der Waals surface area (Å²) in [5.74, 6) is -0.778. The number of anilines is 1. The van der Waals surface area contributed by atoms with Crippen molar-refractivity contribution in [1.82, 2.24) is 9.78 Å². The number of aromatic nitrogens is 2. The highest BCUT2D eigenvalue weighted by molar-refractivity contribution is 7.20. The Morgan fingerprint density at radius 1 is 1.07 bits per heavy atom. The molecular weight excluding hydrogens is 374 g/mol. The van der Waals surface area contributed by atoms with E-state index < -0.39 is 5.97 Å². The summed E-state index contributed by atoms with van der Waals surface area (Å²) >= 11 is 1.36. The maximum atomic E-state index is 12.8. The molecular formula is C21H17N3O3S. The predicted molar refractivity (Wildman–Crippen MR) is 109 cm³/mol. The fourth-order valence-corrected chi connectivity index (χ4v) is 4.05. The summed E-state index contributed by atoms with van der Waals surface area (Å²) in [4.78, 5) is 26.2. The van der Waals surface area contributed by atoms with Gasteiger partial charge in [0.05, 0.1) is 34.6 Å². The van der Waals surface area contributed by atoms with E-state index in [1.54, 1.807) is 24.3 Å². The minimum Gasteiger partial charge on any atom is -0.465 e. The number of benzene rings is 2. The number of hydrogen-bond donors (Lipinski definition) is 1. The van der Waals surface area contributed by atoms with E-state index >= 15 is 0 Å². The number of thiophene rings is 1. The van der Waals surface area contributed by atoms with E-state index in [0.29, 0.717) is 16.1 Å². The number of amides is 1. The molecule has 1 N–H and O–H groups in total. The minimum absolute atomic E-state index is 0.281. The SMILES string of the molecule is COC(=O)c1ccccc1NC(=O)c1cc2c(C)nn(-c3ccccc3)c2s1. The Bertz CT molecular complexity index is 1180. The van der Waals surface area contributed by atoms with E-state index in [4.69, 9.17) is 4.74 Å². The molecule has 0 unspecified atom stereocenters. The number of aryl methyl sites for hydroxylation is 1. The number of methoxy groups -OCH3 is 1. The molecule has 140 valence electrons. The number of nitrogens with zero attached hydrogens (tertiary/aromatic N) is 2. The van der Waals surface area contributed by atoms with Crippen LogP contribution in [-0.4, -0.2) is 28.8 Å². The molecule has 0 aliphatic rings. The maximum Gasteiger partial charge on any atom is 0.339 e. The normalized spacial score (nSPS) is 10.8. The monoisotopic (exact) mass is 391 g/mol. The van der Waals surface area contributed by atoms with E-state index in [2.05, 4.69) is 10.4 Å². The first kappa shape index (κ1) is 17.9. The number of esters is 1. The molecule has 7 heteroatoms. The van der Waals surface area contributed by atoms with Gasteiger partial charge >= 0.3 is 5.97 Å². The highest BCUT2D eigenvalue weighted by Crippen LogP contribution is 2.31. The second-order valence-electron chi connectivity index (χ2n) is 6.15. The van der Waals surface area contributed by atoms with Gasteiger partial charge in [0.25, 0.3) is 5.91 Å². The third kappa shape index (κ3) is 3.16. The first-order valence-corrected chi connectivity index (χ1v) is 9.43. The second-order valence-corrected chi connectivity index (χ2v) is 7.18. The van der Waals surface area contributed by atoms with Crippen molar-refractivity contribution in [2.75, 3.05) is 12.4 Å². The van der Waals surface area contributed by atoms with Gasteiger partial charge in [-0.1, -0.05) is 30.3 Å². The molecule has 0 fully saturated rings. The van der Waals surface area contributed by atoms with Crippen LogP contribution in [0.15, 0.2) is 60.7 Å². The smallest absolute Gasteiger partial charge is 0.339 e. The van der Waals surface area contributed by atoms with Crippen molar-refractivity contribution in [3.8, 4) is 5.69 Å². The van der Waals surface area contributed by atoms with Crippen LogP contribution in [0.1, 0.15) is 25.7 Å². The summed E-state index contributed by atoms with van der Waals surface area (Å²) in [5.41, 5.74) is 2.51. The van der Waals surface area contributed by atoms with Crippen LogP contribution in [0.4, 0.5) is 5.69 Å². The van der Waals surface area contributed by atoms with Gasteiger partial charge in [-0.05, 0) is 37.3 Å². The number of hydrogen-bond acceptors (Lipinski definition) is 5. The van der Waals surface area contributed by atoms with E-state index in [9.17, 15) is 9.59 Å². The van der Waals surface area contributed by atoms with Crippen molar-refractivity contribution >= 4 is 39.1 Å². The molecule has 28 heavy (non-hydrogen) atoms. The molecule has 0 aliphatic heterocycles. The maximum absolute atomic E-state index is 12.8. The van der Waals surface area contributed by atoms with Crippen molar-refractivity contribution in [1.29, 1.82) is 0 Å². The molecule has 0 atom stereocenters. The van der Waals surface area contributed by atoms with Gasteiger partial charge in [-0.15, -0.1) is 11.3 Å². The largest absolute Gasteiger partial charge is 0.465 e. The minimum atomic E-state index is -0.497. The summed E-state index contributed by atoms with van der Waals surface area (Å²) in [6.45, 7) is 1.92. The van der Waals surface area contributed by atoms with Crippen molar-refractivity contribution in [2.45, 2.75) is 6.92 Å². The Morgan fingerprint density at radius 2 is 1.79 bits per heavy atom. The van der Waals surface area contributed by atoms with Gasteiger partial charge in [0.15, 0.2) is 0 Å². The number of nitrogens with one attached hydrogen (secondary N) is 1. The molecule has 0 bridgehead atoms. The zero-order chi connectivity index (χ0) is 19.7. The molecule has 2 aromatic heterocycles. The van der Waals surface area contributed by atoms with Crippen molar-refractivity contribution in [3.63, 3.8) is 0 Å². The molecule has 4 rings (SSSR count). The van der Waals surface area contributed by atoms with Crippen LogP contribution in [0.5, 0.6) is 0 Å². The van der Waals surface area contributed by atoms with Crippen molar-refractivity contribution in [3.05, 3.63) is 76.8 Å². The average molecular weight is 391 g/mol. The number of rotatable bonds is 4. The Labute approximate surface area is 165 Å². The number of ether oxygens (including phenoxy) is 1. The molecule has 6 nitrogen and oxygen atoms in total. The van der Waals surface area contributed by atoms with Crippen LogP contribution < -0.4 is 5.32 Å². The van der Waals surface area contributed by atoms with Crippen LogP contribution in [-0.2, 0) is 4.74 Å².